The van der Waals surface area contributed by atoms with E-state index in [9.17, 15) is 4.79 Å². The Morgan fingerprint density at radius 2 is 2.10 bits per heavy atom. The van der Waals surface area contributed by atoms with E-state index in [0.717, 1.165) is 30.9 Å². The van der Waals surface area contributed by atoms with Crippen LogP contribution >= 0.6 is 11.3 Å². The van der Waals surface area contributed by atoms with Crippen molar-refractivity contribution in [1.82, 2.24) is 0 Å². The number of nitrogen functional groups attached to an aromatic ring is 1. The summed E-state index contributed by atoms with van der Waals surface area (Å²) in [5, 5.41) is 1.04. The molecule has 1 aromatic heterocycles. The summed E-state index contributed by atoms with van der Waals surface area (Å²) in [6.45, 7) is 6.60. The molecule has 5 heteroatoms. The van der Waals surface area contributed by atoms with Crippen LogP contribution in [0.25, 0.3) is 0 Å². The molecule has 0 spiro atoms. The van der Waals surface area contributed by atoms with Gasteiger partial charge in [0.1, 0.15) is 5.00 Å². The van der Waals surface area contributed by atoms with Crippen LogP contribution in [0.2, 0.25) is 0 Å². The standard InChI is InChI=1S/C16H24N2O2S/c1-9(2)11-6-7-18(8-11)16-14(20-3)12(17)15(21-16)13(19)10-4-5-10/h9-11H,4-8,17H2,1-3H3. The maximum absolute atomic E-state index is 12.4. The molecule has 0 radical (unpaired) electrons. The van der Waals surface area contributed by atoms with Crippen LogP contribution in [-0.2, 0) is 0 Å². The lowest BCUT2D eigenvalue weighted by Crippen LogP contribution is -2.20. The van der Waals surface area contributed by atoms with Gasteiger partial charge in [-0.1, -0.05) is 13.8 Å². The van der Waals surface area contributed by atoms with Gasteiger partial charge in [0.05, 0.1) is 17.7 Å². The number of anilines is 2. The molecular formula is C16H24N2O2S. The Hall–Kier alpha value is -1.23. The number of methoxy groups -OCH3 is 1. The van der Waals surface area contributed by atoms with Crippen molar-refractivity contribution in [3.05, 3.63) is 4.88 Å². The lowest BCUT2D eigenvalue weighted by molar-refractivity contribution is 0.0972. The number of nitrogens with two attached hydrogens (primary N) is 1. The summed E-state index contributed by atoms with van der Waals surface area (Å²) in [5.41, 5.74) is 6.73. The number of carbonyl (C=O) groups is 1. The fraction of sp³-hybridized carbons (Fsp3) is 0.688. The third-order valence-corrected chi connectivity index (χ3v) is 5.98. The summed E-state index contributed by atoms with van der Waals surface area (Å²) in [6, 6.07) is 0. The van der Waals surface area contributed by atoms with Crippen LogP contribution in [0.3, 0.4) is 0 Å². The fourth-order valence-electron chi connectivity index (χ4n) is 3.05. The number of ether oxygens (including phenoxy) is 1. The zero-order valence-corrected chi connectivity index (χ0v) is 13.8. The average Bonchev–Trinajstić information content (AvgIpc) is 3.08. The summed E-state index contributed by atoms with van der Waals surface area (Å²) in [7, 11) is 1.64. The van der Waals surface area contributed by atoms with Crippen LogP contribution in [0.15, 0.2) is 0 Å². The maximum Gasteiger partial charge on any atom is 0.178 e. The van der Waals surface area contributed by atoms with Crippen LogP contribution in [0, 0.1) is 17.8 Å². The van der Waals surface area contributed by atoms with Gasteiger partial charge in [0.2, 0.25) is 0 Å². The summed E-state index contributed by atoms with van der Waals surface area (Å²) in [5.74, 6) is 2.51. The lowest BCUT2D eigenvalue weighted by Gasteiger charge is -2.19. The molecule has 1 unspecified atom stereocenters. The third-order valence-electron chi connectivity index (χ3n) is 4.71. The van der Waals surface area contributed by atoms with E-state index in [0.29, 0.717) is 28.1 Å². The summed E-state index contributed by atoms with van der Waals surface area (Å²) >= 11 is 1.52. The molecule has 4 nitrogen and oxygen atoms in total. The number of Topliss-reactive ketones (excluding diaryl/α,β-unsaturated/α-hetero) is 1. The Morgan fingerprint density at radius 1 is 1.38 bits per heavy atom. The second-order valence-electron chi connectivity index (χ2n) is 6.56. The fourth-order valence-corrected chi connectivity index (χ4v) is 4.30. The van der Waals surface area contributed by atoms with Gasteiger partial charge in [0.25, 0.3) is 0 Å². The minimum atomic E-state index is 0.200. The second kappa shape index (κ2) is 5.52. The highest BCUT2D eigenvalue weighted by Gasteiger charge is 2.36. The summed E-state index contributed by atoms with van der Waals surface area (Å²) < 4.78 is 5.51. The first-order valence-corrected chi connectivity index (χ1v) is 8.60. The first kappa shape index (κ1) is 14.7. The minimum absolute atomic E-state index is 0.200. The Morgan fingerprint density at radius 3 is 2.62 bits per heavy atom. The van der Waals surface area contributed by atoms with Crippen LogP contribution < -0.4 is 15.4 Å². The molecule has 0 amide bonds. The number of carbonyl (C=O) groups excluding carboxylic acids is 1. The maximum atomic E-state index is 12.4. The van der Waals surface area contributed by atoms with Crippen molar-refractivity contribution in [2.45, 2.75) is 33.1 Å². The van der Waals surface area contributed by atoms with Gasteiger partial charge in [-0.15, -0.1) is 11.3 Å². The van der Waals surface area contributed by atoms with E-state index >= 15 is 0 Å². The molecule has 1 atom stereocenters. The van der Waals surface area contributed by atoms with Crippen molar-refractivity contribution in [3.8, 4) is 5.75 Å². The van der Waals surface area contributed by atoms with Gasteiger partial charge in [-0.05, 0) is 31.1 Å². The molecule has 2 fully saturated rings. The first-order valence-electron chi connectivity index (χ1n) is 7.78. The monoisotopic (exact) mass is 308 g/mol. The minimum Gasteiger partial charge on any atom is -0.492 e. The van der Waals surface area contributed by atoms with E-state index in [1.54, 1.807) is 7.11 Å². The quantitative estimate of drug-likeness (QED) is 0.847. The van der Waals surface area contributed by atoms with Crippen molar-refractivity contribution < 1.29 is 9.53 Å². The Kier molecular flexibility index (Phi) is 3.86. The van der Waals surface area contributed by atoms with Crippen LogP contribution in [0.5, 0.6) is 5.75 Å². The summed E-state index contributed by atoms with van der Waals surface area (Å²) in [4.78, 5) is 15.4. The average molecular weight is 308 g/mol. The van der Waals surface area contributed by atoms with E-state index in [2.05, 4.69) is 18.7 Å². The molecule has 116 valence electrons. The molecule has 1 aromatic rings. The highest BCUT2D eigenvalue weighted by Crippen LogP contribution is 2.49. The van der Waals surface area contributed by atoms with Gasteiger partial charge in [-0.2, -0.15) is 0 Å². The van der Waals surface area contributed by atoms with Crippen molar-refractivity contribution in [2.24, 2.45) is 17.8 Å². The number of hydrogen-bond acceptors (Lipinski definition) is 5. The van der Waals surface area contributed by atoms with E-state index in [4.69, 9.17) is 10.5 Å². The molecule has 2 aliphatic rings. The normalized spacial score (nSPS) is 22.1. The number of ketones is 1. The zero-order valence-electron chi connectivity index (χ0n) is 13.0. The second-order valence-corrected chi connectivity index (χ2v) is 7.56. The molecule has 3 rings (SSSR count). The van der Waals surface area contributed by atoms with E-state index in [1.807, 2.05) is 0 Å². The molecule has 0 aromatic carbocycles. The Labute approximate surface area is 130 Å². The van der Waals surface area contributed by atoms with Crippen molar-refractivity contribution in [2.75, 3.05) is 30.8 Å². The molecule has 2 N–H and O–H groups in total. The van der Waals surface area contributed by atoms with Crippen LogP contribution in [0.4, 0.5) is 10.7 Å². The van der Waals surface area contributed by atoms with E-state index in [-0.39, 0.29) is 11.7 Å². The van der Waals surface area contributed by atoms with Gasteiger partial charge in [-0.3, -0.25) is 4.79 Å². The molecule has 1 saturated carbocycles. The van der Waals surface area contributed by atoms with E-state index in [1.165, 1.54) is 17.8 Å². The number of rotatable bonds is 5. The van der Waals surface area contributed by atoms with Gasteiger partial charge in [0, 0.05) is 19.0 Å². The molecule has 0 bridgehead atoms. The van der Waals surface area contributed by atoms with Crippen LogP contribution in [-0.4, -0.2) is 26.0 Å². The smallest absolute Gasteiger partial charge is 0.178 e. The van der Waals surface area contributed by atoms with Gasteiger partial charge >= 0.3 is 0 Å². The molecule has 1 aliphatic carbocycles. The van der Waals surface area contributed by atoms with Crippen molar-refractivity contribution >= 4 is 27.8 Å². The molecule has 1 aliphatic heterocycles. The lowest BCUT2D eigenvalue weighted by atomic mass is 9.95. The molecule has 2 heterocycles. The zero-order chi connectivity index (χ0) is 15.1. The molecular weight excluding hydrogens is 284 g/mol. The Balaban J connectivity index is 1.88. The first-order chi connectivity index (χ1) is 10.0. The summed E-state index contributed by atoms with van der Waals surface area (Å²) in [6.07, 6.45) is 3.21. The largest absolute Gasteiger partial charge is 0.492 e. The molecule has 1 saturated heterocycles. The van der Waals surface area contributed by atoms with Crippen LogP contribution in [0.1, 0.15) is 42.8 Å². The SMILES string of the molecule is COc1c(N2CCC(C(C)C)C2)sc(C(=O)C2CC2)c1N. The topological polar surface area (TPSA) is 55.6 Å². The molecule has 21 heavy (non-hydrogen) atoms. The Bertz CT molecular complexity index is 549. The van der Waals surface area contributed by atoms with Gasteiger partial charge in [0.15, 0.2) is 11.5 Å². The van der Waals surface area contributed by atoms with Crippen molar-refractivity contribution in [3.63, 3.8) is 0 Å². The predicted octanol–water partition coefficient (Wildman–Crippen LogP) is 3.41. The number of thiophene rings is 1. The van der Waals surface area contributed by atoms with Gasteiger partial charge in [-0.25, -0.2) is 0 Å². The third kappa shape index (κ3) is 2.63. The predicted molar refractivity (Wildman–Crippen MR) is 87.5 cm³/mol. The number of hydrogen-bond donors (Lipinski definition) is 1. The van der Waals surface area contributed by atoms with Crippen molar-refractivity contribution in [1.29, 1.82) is 0 Å². The van der Waals surface area contributed by atoms with E-state index < -0.39 is 0 Å². The highest BCUT2D eigenvalue weighted by molar-refractivity contribution is 7.19. The number of nitrogens with zero attached hydrogens (tertiary/aromatic N) is 1. The highest BCUT2D eigenvalue weighted by atomic mass is 32.1. The van der Waals surface area contributed by atoms with Gasteiger partial charge < -0.3 is 15.4 Å².